The van der Waals surface area contributed by atoms with E-state index < -0.39 is 6.04 Å². The Morgan fingerprint density at radius 2 is 2.36 bits per heavy atom. The van der Waals surface area contributed by atoms with Gasteiger partial charge in [-0.25, -0.2) is 0 Å². The van der Waals surface area contributed by atoms with Crippen molar-refractivity contribution in [3.63, 3.8) is 0 Å². The Labute approximate surface area is 85.4 Å². The van der Waals surface area contributed by atoms with E-state index in [2.05, 4.69) is 18.2 Å². The lowest BCUT2D eigenvalue weighted by atomic mass is 9.70. The van der Waals surface area contributed by atoms with Crippen molar-refractivity contribution in [2.75, 3.05) is 6.54 Å². The minimum absolute atomic E-state index is 0.129. The zero-order chi connectivity index (χ0) is 10.6. The third kappa shape index (κ3) is 2.74. The number of carbonyl (C=O) groups excluding carboxylic acids is 1. The summed E-state index contributed by atoms with van der Waals surface area (Å²) in [5, 5.41) is 2.85. The lowest BCUT2D eigenvalue weighted by Crippen LogP contribution is -2.46. The van der Waals surface area contributed by atoms with Crippen LogP contribution in [0, 0.1) is 17.8 Å². The van der Waals surface area contributed by atoms with E-state index in [1.165, 1.54) is 19.3 Å². The Kier molecular flexibility index (Phi) is 3.54. The van der Waals surface area contributed by atoms with Gasteiger partial charge in [0.1, 0.15) is 0 Å². The van der Waals surface area contributed by atoms with Gasteiger partial charge in [-0.2, -0.15) is 0 Å². The van der Waals surface area contributed by atoms with Crippen LogP contribution in [0.3, 0.4) is 0 Å². The normalized spacial score (nSPS) is 20.4. The van der Waals surface area contributed by atoms with Gasteiger partial charge in [-0.3, -0.25) is 4.79 Å². The molecule has 0 aromatic heterocycles. The minimum Gasteiger partial charge on any atom is -0.354 e. The van der Waals surface area contributed by atoms with E-state index in [1.54, 1.807) is 0 Å². The minimum atomic E-state index is -0.552. The zero-order valence-electron chi connectivity index (χ0n) is 8.68. The molecule has 0 radical (unpaired) electrons. The van der Waals surface area contributed by atoms with Crippen LogP contribution < -0.4 is 11.1 Å². The molecule has 0 aromatic carbocycles. The number of amides is 1. The molecule has 1 amide bonds. The fraction of sp³-hybridized carbons (Fsp3) is 0.727. The van der Waals surface area contributed by atoms with E-state index >= 15 is 0 Å². The number of carbonyl (C=O) groups is 1. The summed E-state index contributed by atoms with van der Waals surface area (Å²) in [6.45, 7) is 2.91. The van der Waals surface area contributed by atoms with Crippen molar-refractivity contribution < 1.29 is 4.79 Å². The van der Waals surface area contributed by atoms with E-state index in [-0.39, 0.29) is 5.91 Å². The van der Waals surface area contributed by atoms with Gasteiger partial charge in [0.05, 0.1) is 6.04 Å². The van der Waals surface area contributed by atoms with Crippen LogP contribution in [0.25, 0.3) is 0 Å². The molecule has 14 heavy (non-hydrogen) atoms. The molecule has 3 nitrogen and oxygen atoms in total. The van der Waals surface area contributed by atoms with Crippen molar-refractivity contribution in [2.24, 2.45) is 11.1 Å². The summed E-state index contributed by atoms with van der Waals surface area (Å²) in [6, 6.07) is -0.552. The highest BCUT2D eigenvalue weighted by molar-refractivity contribution is 5.81. The largest absolute Gasteiger partial charge is 0.354 e. The third-order valence-corrected chi connectivity index (χ3v) is 2.92. The number of rotatable bonds is 4. The molecule has 78 valence electrons. The summed E-state index contributed by atoms with van der Waals surface area (Å²) in [5.74, 6) is 2.26. The van der Waals surface area contributed by atoms with Crippen molar-refractivity contribution in [2.45, 2.75) is 38.6 Å². The van der Waals surface area contributed by atoms with Gasteiger partial charge in [-0.05, 0) is 18.3 Å². The molecule has 1 atom stereocenters. The van der Waals surface area contributed by atoms with Gasteiger partial charge in [0.25, 0.3) is 0 Å². The molecule has 0 spiro atoms. The van der Waals surface area contributed by atoms with Gasteiger partial charge in [-0.15, -0.1) is 12.3 Å². The SMILES string of the molecule is C#CCC(N)C(=O)NCC1(C)CCC1. The van der Waals surface area contributed by atoms with Gasteiger partial charge in [0, 0.05) is 13.0 Å². The topological polar surface area (TPSA) is 55.1 Å². The Morgan fingerprint density at radius 1 is 1.71 bits per heavy atom. The molecule has 0 saturated heterocycles. The maximum absolute atomic E-state index is 11.4. The molecule has 0 bridgehead atoms. The molecule has 0 aromatic rings. The summed E-state index contributed by atoms with van der Waals surface area (Å²) in [4.78, 5) is 11.4. The summed E-state index contributed by atoms with van der Waals surface area (Å²) < 4.78 is 0. The molecule has 3 heteroatoms. The number of nitrogens with two attached hydrogens (primary N) is 1. The summed E-state index contributed by atoms with van der Waals surface area (Å²) in [7, 11) is 0. The first-order valence-corrected chi connectivity index (χ1v) is 5.04. The molecule has 1 saturated carbocycles. The standard InChI is InChI=1S/C11H18N2O/c1-3-5-9(12)10(14)13-8-11(2)6-4-7-11/h1,9H,4-8,12H2,2H3,(H,13,14). The third-order valence-electron chi connectivity index (χ3n) is 2.92. The van der Waals surface area contributed by atoms with Crippen molar-refractivity contribution >= 4 is 5.91 Å². The number of nitrogens with one attached hydrogen (secondary N) is 1. The van der Waals surface area contributed by atoms with Crippen molar-refractivity contribution in [1.29, 1.82) is 0 Å². The van der Waals surface area contributed by atoms with E-state index in [0.29, 0.717) is 11.8 Å². The van der Waals surface area contributed by atoms with Gasteiger partial charge in [0.2, 0.25) is 5.91 Å². The maximum Gasteiger partial charge on any atom is 0.237 e. The van der Waals surface area contributed by atoms with Crippen LogP contribution in [0.5, 0.6) is 0 Å². The van der Waals surface area contributed by atoms with Gasteiger partial charge in [0.15, 0.2) is 0 Å². The van der Waals surface area contributed by atoms with E-state index in [4.69, 9.17) is 12.2 Å². The van der Waals surface area contributed by atoms with E-state index in [9.17, 15) is 4.79 Å². The fourth-order valence-electron chi connectivity index (χ4n) is 1.61. The summed E-state index contributed by atoms with van der Waals surface area (Å²) in [6.07, 6.45) is 9.04. The summed E-state index contributed by atoms with van der Waals surface area (Å²) in [5.41, 5.74) is 5.86. The van der Waals surface area contributed by atoms with Gasteiger partial charge >= 0.3 is 0 Å². The first-order chi connectivity index (χ1) is 6.57. The molecule has 1 fully saturated rings. The van der Waals surface area contributed by atoms with Gasteiger partial charge in [-0.1, -0.05) is 13.3 Å². The highest BCUT2D eigenvalue weighted by Crippen LogP contribution is 2.39. The van der Waals surface area contributed by atoms with E-state index in [0.717, 1.165) is 6.54 Å². The Bertz CT molecular complexity index is 251. The average molecular weight is 194 g/mol. The van der Waals surface area contributed by atoms with Crippen LogP contribution in [0.15, 0.2) is 0 Å². The van der Waals surface area contributed by atoms with Crippen molar-refractivity contribution in [1.82, 2.24) is 5.32 Å². The molecule has 0 aliphatic heterocycles. The molecule has 3 N–H and O–H groups in total. The monoisotopic (exact) mass is 194 g/mol. The Balaban J connectivity index is 2.24. The van der Waals surface area contributed by atoms with Crippen LogP contribution in [0.2, 0.25) is 0 Å². The molecule has 1 aliphatic carbocycles. The highest BCUT2D eigenvalue weighted by atomic mass is 16.2. The molecule has 1 unspecified atom stereocenters. The predicted octanol–water partition coefficient (Wildman–Crippen LogP) is 0.643. The number of hydrogen-bond acceptors (Lipinski definition) is 2. The van der Waals surface area contributed by atoms with Crippen LogP contribution in [-0.4, -0.2) is 18.5 Å². The van der Waals surface area contributed by atoms with Crippen LogP contribution in [0.4, 0.5) is 0 Å². The predicted molar refractivity (Wildman–Crippen MR) is 56.4 cm³/mol. The molecule has 1 rings (SSSR count). The van der Waals surface area contributed by atoms with Crippen LogP contribution in [0.1, 0.15) is 32.6 Å². The van der Waals surface area contributed by atoms with Crippen molar-refractivity contribution in [3.8, 4) is 12.3 Å². The number of hydrogen-bond donors (Lipinski definition) is 2. The smallest absolute Gasteiger partial charge is 0.237 e. The van der Waals surface area contributed by atoms with Crippen molar-refractivity contribution in [3.05, 3.63) is 0 Å². The van der Waals surface area contributed by atoms with E-state index in [1.807, 2.05) is 0 Å². The first kappa shape index (κ1) is 11.1. The summed E-state index contributed by atoms with van der Waals surface area (Å²) >= 11 is 0. The first-order valence-electron chi connectivity index (χ1n) is 5.04. The maximum atomic E-state index is 11.4. The number of terminal acetylenes is 1. The lowest BCUT2D eigenvalue weighted by molar-refractivity contribution is -0.123. The highest BCUT2D eigenvalue weighted by Gasteiger charge is 2.32. The van der Waals surface area contributed by atoms with Crippen LogP contribution >= 0.6 is 0 Å². The Morgan fingerprint density at radius 3 is 2.79 bits per heavy atom. The molecular formula is C11H18N2O. The van der Waals surface area contributed by atoms with Gasteiger partial charge < -0.3 is 11.1 Å². The Hall–Kier alpha value is -1.01. The molecule has 0 heterocycles. The fourth-order valence-corrected chi connectivity index (χ4v) is 1.61. The van der Waals surface area contributed by atoms with Crippen LogP contribution in [-0.2, 0) is 4.79 Å². The molecule has 1 aliphatic rings. The molecular weight excluding hydrogens is 176 g/mol. The average Bonchev–Trinajstić information content (AvgIpc) is 2.11. The quantitative estimate of drug-likeness (QED) is 0.645. The second-order valence-corrected chi connectivity index (χ2v) is 4.40. The zero-order valence-corrected chi connectivity index (χ0v) is 8.68. The second kappa shape index (κ2) is 4.47. The lowest BCUT2D eigenvalue weighted by Gasteiger charge is -2.38. The second-order valence-electron chi connectivity index (χ2n) is 4.40.